The first-order chi connectivity index (χ1) is 11.4. The zero-order valence-corrected chi connectivity index (χ0v) is 14.1. The molecule has 1 amide bonds. The highest BCUT2D eigenvalue weighted by atomic mass is 19.1. The third-order valence-corrected chi connectivity index (χ3v) is 4.26. The molecule has 124 valence electrons. The summed E-state index contributed by atoms with van der Waals surface area (Å²) in [5.41, 5.74) is 5.65. The second-order valence-corrected chi connectivity index (χ2v) is 6.16. The first kappa shape index (κ1) is 16.2. The fourth-order valence-corrected chi connectivity index (χ4v) is 2.67. The van der Waals surface area contributed by atoms with E-state index >= 15 is 0 Å². The molecule has 0 aliphatic rings. The van der Waals surface area contributed by atoms with Gasteiger partial charge in [0.05, 0.1) is 17.4 Å². The number of imidazole rings is 1. The van der Waals surface area contributed by atoms with Gasteiger partial charge >= 0.3 is 0 Å². The number of aryl methyl sites for hydroxylation is 3. The highest BCUT2D eigenvalue weighted by Gasteiger charge is 2.09. The SMILES string of the molecule is Cc1cc2ncn(CC(=O)NCc3ccc(F)c(C)c3)c2cc1C. The van der Waals surface area contributed by atoms with Crippen LogP contribution in [0.25, 0.3) is 11.0 Å². The van der Waals surface area contributed by atoms with Gasteiger partial charge < -0.3 is 9.88 Å². The lowest BCUT2D eigenvalue weighted by molar-refractivity contribution is -0.121. The summed E-state index contributed by atoms with van der Waals surface area (Å²) in [5.74, 6) is -0.338. The van der Waals surface area contributed by atoms with E-state index in [1.165, 1.54) is 17.2 Å². The lowest BCUT2D eigenvalue weighted by Crippen LogP contribution is -2.26. The number of nitrogens with one attached hydrogen (secondary N) is 1. The van der Waals surface area contributed by atoms with E-state index < -0.39 is 0 Å². The van der Waals surface area contributed by atoms with Crippen LogP contribution in [0.2, 0.25) is 0 Å². The van der Waals surface area contributed by atoms with Crippen molar-refractivity contribution in [2.45, 2.75) is 33.9 Å². The van der Waals surface area contributed by atoms with Gasteiger partial charge in [0.15, 0.2) is 0 Å². The van der Waals surface area contributed by atoms with Gasteiger partial charge in [0, 0.05) is 6.54 Å². The molecule has 1 N–H and O–H groups in total. The molecule has 0 aliphatic carbocycles. The van der Waals surface area contributed by atoms with Gasteiger partial charge in [0.1, 0.15) is 12.4 Å². The number of carbonyl (C=O) groups excluding carboxylic acids is 1. The molecule has 3 aromatic rings. The predicted molar refractivity (Wildman–Crippen MR) is 92.2 cm³/mol. The number of fused-ring (bicyclic) bond motifs is 1. The minimum Gasteiger partial charge on any atom is -0.350 e. The van der Waals surface area contributed by atoms with Gasteiger partial charge in [0.25, 0.3) is 0 Å². The molecule has 3 rings (SSSR count). The van der Waals surface area contributed by atoms with Crippen molar-refractivity contribution in [3.63, 3.8) is 0 Å². The molecule has 2 aromatic carbocycles. The molecule has 0 unspecified atom stereocenters. The van der Waals surface area contributed by atoms with E-state index in [1.54, 1.807) is 25.4 Å². The molecule has 0 spiro atoms. The van der Waals surface area contributed by atoms with Gasteiger partial charge in [-0.15, -0.1) is 0 Å². The van der Waals surface area contributed by atoms with Crippen molar-refractivity contribution >= 4 is 16.9 Å². The summed E-state index contributed by atoms with van der Waals surface area (Å²) in [6.45, 7) is 6.39. The summed E-state index contributed by atoms with van der Waals surface area (Å²) in [6.07, 6.45) is 1.69. The largest absolute Gasteiger partial charge is 0.350 e. The lowest BCUT2D eigenvalue weighted by Gasteiger charge is -2.08. The Morgan fingerprint density at radius 3 is 2.62 bits per heavy atom. The van der Waals surface area contributed by atoms with Crippen LogP contribution in [-0.2, 0) is 17.9 Å². The number of rotatable bonds is 4. The molecule has 0 radical (unpaired) electrons. The van der Waals surface area contributed by atoms with E-state index in [9.17, 15) is 9.18 Å². The summed E-state index contributed by atoms with van der Waals surface area (Å²) in [6, 6.07) is 8.93. The van der Waals surface area contributed by atoms with Crippen LogP contribution in [0, 0.1) is 26.6 Å². The van der Waals surface area contributed by atoms with Crippen LogP contribution in [0.5, 0.6) is 0 Å². The van der Waals surface area contributed by atoms with Crippen LogP contribution in [0.4, 0.5) is 4.39 Å². The molecule has 4 nitrogen and oxygen atoms in total. The maximum Gasteiger partial charge on any atom is 0.240 e. The molecule has 0 saturated carbocycles. The molecule has 24 heavy (non-hydrogen) atoms. The van der Waals surface area contributed by atoms with Gasteiger partial charge in [0.2, 0.25) is 5.91 Å². The highest BCUT2D eigenvalue weighted by molar-refractivity contribution is 5.81. The predicted octanol–water partition coefficient (Wildman–Crippen LogP) is 3.42. The summed E-state index contributed by atoms with van der Waals surface area (Å²) in [7, 11) is 0. The van der Waals surface area contributed by atoms with E-state index in [0.717, 1.165) is 16.6 Å². The van der Waals surface area contributed by atoms with E-state index in [1.807, 2.05) is 30.5 Å². The van der Waals surface area contributed by atoms with Crippen molar-refractivity contribution in [3.05, 3.63) is 64.7 Å². The van der Waals surface area contributed by atoms with Gasteiger partial charge in [-0.1, -0.05) is 12.1 Å². The Kier molecular flexibility index (Phi) is 4.34. The smallest absolute Gasteiger partial charge is 0.240 e. The maximum atomic E-state index is 13.3. The van der Waals surface area contributed by atoms with Crippen LogP contribution < -0.4 is 5.32 Å². The maximum absolute atomic E-state index is 13.3. The summed E-state index contributed by atoms with van der Waals surface area (Å²) in [4.78, 5) is 16.6. The number of benzene rings is 2. The van der Waals surface area contributed by atoms with Crippen LogP contribution in [-0.4, -0.2) is 15.5 Å². The van der Waals surface area contributed by atoms with Gasteiger partial charge in [-0.3, -0.25) is 4.79 Å². The third-order valence-electron chi connectivity index (χ3n) is 4.26. The lowest BCUT2D eigenvalue weighted by atomic mass is 10.1. The monoisotopic (exact) mass is 325 g/mol. The first-order valence-corrected chi connectivity index (χ1v) is 7.88. The van der Waals surface area contributed by atoms with Crippen molar-refractivity contribution in [1.82, 2.24) is 14.9 Å². The van der Waals surface area contributed by atoms with Crippen LogP contribution in [0.3, 0.4) is 0 Å². The molecule has 1 aromatic heterocycles. The van der Waals surface area contributed by atoms with E-state index in [-0.39, 0.29) is 18.3 Å². The molecule has 0 atom stereocenters. The van der Waals surface area contributed by atoms with Crippen LogP contribution >= 0.6 is 0 Å². The van der Waals surface area contributed by atoms with Crippen LogP contribution in [0.1, 0.15) is 22.3 Å². The quantitative estimate of drug-likeness (QED) is 0.799. The normalized spacial score (nSPS) is 11.0. The van der Waals surface area contributed by atoms with Crippen molar-refractivity contribution in [3.8, 4) is 0 Å². The first-order valence-electron chi connectivity index (χ1n) is 7.88. The third kappa shape index (κ3) is 3.30. The number of carbonyl (C=O) groups is 1. The Morgan fingerprint density at radius 1 is 1.12 bits per heavy atom. The fraction of sp³-hybridized carbons (Fsp3) is 0.263. The van der Waals surface area contributed by atoms with Gasteiger partial charge in [-0.25, -0.2) is 9.37 Å². The number of hydrogen-bond donors (Lipinski definition) is 1. The van der Waals surface area contributed by atoms with E-state index in [4.69, 9.17) is 0 Å². The average molecular weight is 325 g/mol. The number of nitrogens with zero attached hydrogens (tertiary/aromatic N) is 2. The number of aromatic nitrogens is 2. The van der Waals surface area contributed by atoms with Crippen LogP contribution in [0.15, 0.2) is 36.7 Å². The Balaban J connectivity index is 1.68. The molecule has 1 heterocycles. The molecule has 0 fully saturated rings. The Bertz CT molecular complexity index is 914. The fourth-order valence-electron chi connectivity index (χ4n) is 2.67. The zero-order valence-electron chi connectivity index (χ0n) is 14.1. The minimum atomic E-state index is -0.236. The Labute approximate surface area is 140 Å². The topological polar surface area (TPSA) is 46.9 Å². The Morgan fingerprint density at radius 2 is 1.88 bits per heavy atom. The number of amides is 1. The number of halogens is 1. The van der Waals surface area contributed by atoms with E-state index in [2.05, 4.69) is 10.3 Å². The van der Waals surface area contributed by atoms with Crippen molar-refractivity contribution in [1.29, 1.82) is 0 Å². The highest BCUT2D eigenvalue weighted by Crippen LogP contribution is 2.18. The van der Waals surface area contributed by atoms with Crippen molar-refractivity contribution in [2.75, 3.05) is 0 Å². The molecular weight excluding hydrogens is 305 g/mol. The minimum absolute atomic E-state index is 0.102. The van der Waals surface area contributed by atoms with Crippen molar-refractivity contribution in [2.24, 2.45) is 0 Å². The van der Waals surface area contributed by atoms with E-state index in [0.29, 0.717) is 12.1 Å². The zero-order chi connectivity index (χ0) is 17.3. The molecular formula is C19H20FN3O. The molecule has 0 aliphatic heterocycles. The summed E-state index contributed by atoms with van der Waals surface area (Å²) < 4.78 is 15.1. The molecule has 0 saturated heterocycles. The van der Waals surface area contributed by atoms with Gasteiger partial charge in [-0.2, -0.15) is 0 Å². The van der Waals surface area contributed by atoms with Gasteiger partial charge in [-0.05, 0) is 61.2 Å². The molecule has 0 bridgehead atoms. The second-order valence-electron chi connectivity index (χ2n) is 6.16. The van der Waals surface area contributed by atoms with Crippen molar-refractivity contribution < 1.29 is 9.18 Å². The summed E-state index contributed by atoms with van der Waals surface area (Å²) in [5, 5.41) is 2.86. The number of hydrogen-bond acceptors (Lipinski definition) is 2. The molecule has 5 heteroatoms. The average Bonchev–Trinajstić information content (AvgIpc) is 2.91. The summed E-state index contributed by atoms with van der Waals surface area (Å²) >= 11 is 0. The Hall–Kier alpha value is -2.69. The standard InChI is InChI=1S/C19H20FN3O/c1-12-7-17-18(8-13(12)2)23(11-22-17)10-19(24)21-9-15-4-5-16(20)14(3)6-15/h4-8,11H,9-10H2,1-3H3,(H,21,24). The second kappa shape index (κ2) is 6.43.